The Morgan fingerprint density at radius 3 is 2.29 bits per heavy atom. The van der Waals surface area contributed by atoms with E-state index >= 15 is 0 Å². The molecule has 120 valence electrons. The summed E-state index contributed by atoms with van der Waals surface area (Å²) in [5, 5.41) is 0. The van der Waals surface area contributed by atoms with Gasteiger partial charge >= 0.3 is 0 Å². The van der Waals surface area contributed by atoms with Gasteiger partial charge in [0.2, 0.25) is 0 Å². The molecule has 0 saturated heterocycles. The summed E-state index contributed by atoms with van der Waals surface area (Å²) in [4.78, 5) is 12.4. The number of halogens is 1. The third kappa shape index (κ3) is 3.49. The number of hydrogen-bond donors (Lipinski definition) is 0. The van der Waals surface area contributed by atoms with Crippen LogP contribution in [-0.2, 0) is 6.54 Å². The number of aromatic nitrogens is 1. The molecule has 0 fully saturated rings. The summed E-state index contributed by atoms with van der Waals surface area (Å²) in [6.07, 6.45) is 3.64. The van der Waals surface area contributed by atoms with Gasteiger partial charge in [0.15, 0.2) is 36.3 Å². The van der Waals surface area contributed by atoms with Gasteiger partial charge in [0, 0.05) is 28.8 Å². The highest BCUT2D eigenvalue weighted by Gasteiger charge is 2.12. The summed E-state index contributed by atoms with van der Waals surface area (Å²) in [7, 11) is 1.44. The van der Waals surface area contributed by atoms with E-state index in [2.05, 4.69) is 0 Å². The van der Waals surface area contributed by atoms with Gasteiger partial charge in [-0.05, 0) is 18.2 Å². The van der Waals surface area contributed by atoms with Crippen molar-refractivity contribution in [2.45, 2.75) is 6.54 Å². The summed E-state index contributed by atoms with van der Waals surface area (Å²) in [5.74, 6) is -0.169. The Balaban J connectivity index is 1.75. The topological polar surface area (TPSA) is 30.2 Å². The minimum Gasteiger partial charge on any atom is -0.494 e. The molecule has 1 aromatic heterocycles. The first-order valence-corrected chi connectivity index (χ1v) is 7.58. The lowest BCUT2D eigenvalue weighted by molar-refractivity contribution is -0.688. The van der Waals surface area contributed by atoms with E-state index in [1.54, 1.807) is 30.3 Å². The van der Waals surface area contributed by atoms with Crippen LogP contribution in [0.2, 0.25) is 0 Å². The van der Waals surface area contributed by atoms with Crippen LogP contribution in [0.1, 0.15) is 21.5 Å². The van der Waals surface area contributed by atoms with Crippen molar-refractivity contribution in [3.63, 3.8) is 0 Å². The highest BCUT2D eigenvalue weighted by atomic mass is 19.1. The van der Waals surface area contributed by atoms with E-state index < -0.39 is 0 Å². The summed E-state index contributed by atoms with van der Waals surface area (Å²) < 4.78 is 20.5. The van der Waals surface area contributed by atoms with E-state index in [1.807, 2.05) is 41.2 Å². The summed E-state index contributed by atoms with van der Waals surface area (Å²) in [6, 6.07) is 17.6. The molecule has 0 unspecified atom stereocenters. The Hall–Kier alpha value is -3.01. The minimum atomic E-state index is -0.383. The van der Waals surface area contributed by atoms with Crippen LogP contribution >= 0.6 is 0 Å². The van der Waals surface area contributed by atoms with Crippen LogP contribution in [0.15, 0.2) is 73.1 Å². The van der Waals surface area contributed by atoms with E-state index in [1.165, 1.54) is 13.2 Å². The highest BCUT2D eigenvalue weighted by Crippen LogP contribution is 2.17. The summed E-state index contributed by atoms with van der Waals surface area (Å²) in [5.41, 5.74) is 2.10. The molecule has 0 spiro atoms. The number of methoxy groups -OCH3 is 1. The Morgan fingerprint density at radius 2 is 1.67 bits per heavy atom. The number of pyridine rings is 1. The molecular weight excluding hydrogens is 305 g/mol. The van der Waals surface area contributed by atoms with Crippen LogP contribution < -0.4 is 9.30 Å². The zero-order chi connectivity index (χ0) is 16.9. The van der Waals surface area contributed by atoms with Gasteiger partial charge in [-0.25, -0.2) is 8.96 Å². The molecular formula is C20H17FNO2+. The van der Waals surface area contributed by atoms with Crippen LogP contribution in [0.5, 0.6) is 5.75 Å². The molecule has 4 heteroatoms. The van der Waals surface area contributed by atoms with Gasteiger partial charge in [0.1, 0.15) is 0 Å². The second-order valence-corrected chi connectivity index (χ2v) is 5.42. The van der Waals surface area contributed by atoms with Crippen LogP contribution in [-0.4, -0.2) is 12.9 Å². The molecule has 3 nitrogen and oxygen atoms in total. The van der Waals surface area contributed by atoms with Crippen molar-refractivity contribution >= 4 is 5.78 Å². The third-order valence-corrected chi connectivity index (χ3v) is 3.77. The second-order valence-electron chi connectivity index (χ2n) is 5.42. The Labute approximate surface area is 140 Å². The van der Waals surface area contributed by atoms with Crippen molar-refractivity contribution < 1.29 is 18.5 Å². The van der Waals surface area contributed by atoms with Crippen LogP contribution in [0, 0.1) is 5.82 Å². The predicted octanol–water partition coefficient (Wildman–Crippen LogP) is 3.40. The Bertz CT molecular complexity index is 845. The van der Waals surface area contributed by atoms with Crippen LogP contribution in [0.3, 0.4) is 0 Å². The van der Waals surface area contributed by atoms with Crippen LogP contribution in [0.25, 0.3) is 0 Å². The standard InChI is InChI=1S/C20H17FNO2/c1-24-19-8-7-15(13-18(19)21)14-22-11-9-17(10-12-22)20(23)16-5-3-2-4-6-16/h2-13H,14H2,1H3/q+1. The van der Waals surface area contributed by atoms with Gasteiger partial charge in [0.05, 0.1) is 7.11 Å². The minimum absolute atomic E-state index is 0.0155. The van der Waals surface area contributed by atoms with Crippen molar-refractivity contribution in [2.24, 2.45) is 0 Å². The fourth-order valence-electron chi connectivity index (χ4n) is 2.49. The van der Waals surface area contributed by atoms with Gasteiger partial charge < -0.3 is 4.74 Å². The summed E-state index contributed by atoms with van der Waals surface area (Å²) in [6.45, 7) is 0.515. The lowest BCUT2D eigenvalue weighted by Crippen LogP contribution is -2.33. The smallest absolute Gasteiger partial charge is 0.193 e. The number of ether oxygens (including phenoxy) is 1. The number of benzene rings is 2. The normalized spacial score (nSPS) is 10.4. The molecule has 0 aliphatic rings. The molecule has 0 saturated carbocycles. The van der Waals surface area contributed by atoms with E-state index in [0.717, 1.165) is 5.56 Å². The largest absolute Gasteiger partial charge is 0.494 e. The van der Waals surface area contributed by atoms with Crippen LogP contribution in [0.4, 0.5) is 4.39 Å². The van der Waals surface area contributed by atoms with Crippen molar-refractivity contribution in [2.75, 3.05) is 7.11 Å². The van der Waals surface area contributed by atoms with Gasteiger partial charge in [0.25, 0.3) is 0 Å². The molecule has 0 amide bonds. The third-order valence-electron chi connectivity index (χ3n) is 3.77. The maximum atomic E-state index is 13.7. The maximum Gasteiger partial charge on any atom is 0.193 e. The number of rotatable bonds is 5. The molecule has 0 bridgehead atoms. The molecule has 0 aliphatic carbocycles. The molecule has 24 heavy (non-hydrogen) atoms. The average molecular weight is 322 g/mol. The second kappa shape index (κ2) is 7.04. The molecule has 0 atom stereocenters. The monoisotopic (exact) mass is 322 g/mol. The van der Waals surface area contributed by atoms with E-state index in [0.29, 0.717) is 17.7 Å². The van der Waals surface area contributed by atoms with Crippen molar-refractivity contribution in [3.8, 4) is 5.75 Å². The first kappa shape index (κ1) is 15.9. The Kier molecular flexibility index (Phi) is 4.66. The molecule has 0 radical (unpaired) electrons. The first-order chi connectivity index (χ1) is 11.7. The molecule has 3 aromatic rings. The predicted molar refractivity (Wildman–Crippen MR) is 88.6 cm³/mol. The maximum absolute atomic E-state index is 13.7. The fraction of sp³-hybridized carbons (Fsp3) is 0.100. The van der Waals surface area contributed by atoms with Gasteiger partial charge in [-0.15, -0.1) is 0 Å². The quantitative estimate of drug-likeness (QED) is 0.532. The van der Waals surface area contributed by atoms with Gasteiger partial charge in [-0.1, -0.05) is 30.3 Å². The Morgan fingerprint density at radius 1 is 1.00 bits per heavy atom. The van der Waals surface area contributed by atoms with Crippen molar-refractivity contribution in [3.05, 3.63) is 95.6 Å². The van der Waals surface area contributed by atoms with Crippen molar-refractivity contribution in [1.82, 2.24) is 0 Å². The first-order valence-electron chi connectivity index (χ1n) is 7.58. The lowest BCUT2D eigenvalue weighted by Gasteiger charge is -2.04. The van der Waals surface area contributed by atoms with E-state index in [-0.39, 0.29) is 17.3 Å². The molecule has 0 aliphatic heterocycles. The number of hydrogen-bond acceptors (Lipinski definition) is 2. The zero-order valence-electron chi connectivity index (χ0n) is 13.3. The average Bonchev–Trinajstić information content (AvgIpc) is 2.63. The summed E-state index contributed by atoms with van der Waals surface area (Å²) >= 11 is 0. The van der Waals surface area contributed by atoms with E-state index in [4.69, 9.17) is 4.74 Å². The number of carbonyl (C=O) groups excluding carboxylic acids is 1. The zero-order valence-corrected chi connectivity index (χ0v) is 13.3. The number of ketones is 1. The SMILES string of the molecule is COc1ccc(C[n+]2ccc(C(=O)c3ccccc3)cc2)cc1F. The van der Waals surface area contributed by atoms with Gasteiger partial charge in [-0.2, -0.15) is 0 Å². The highest BCUT2D eigenvalue weighted by molar-refractivity contribution is 6.08. The molecule has 1 heterocycles. The fourth-order valence-corrected chi connectivity index (χ4v) is 2.49. The van der Waals surface area contributed by atoms with Crippen molar-refractivity contribution in [1.29, 1.82) is 0 Å². The lowest BCUT2D eigenvalue weighted by atomic mass is 10.0. The van der Waals surface area contributed by atoms with E-state index in [9.17, 15) is 9.18 Å². The molecule has 2 aromatic carbocycles. The number of nitrogens with zero attached hydrogens (tertiary/aromatic N) is 1. The number of carbonyl (C=O) groups is 1. The molecule has 3 rings (SSSR count). The molecule has 0 N–H and O–H groups in total. The van der Waals surface area contributed by atoms with Gasteiger partial charge in [-0.3, -0.25) is 4.79 Å².